The lowest BCUT2D eigenvalue weighted by Gasteiger charge is -2.31. The molecule has 1 unspecified atom stereocenters. The number of ether oxygens (including phenoxy) is 1. The van der Waals surface area contributed by atoms with E-state index in [0.29, 0.717) is 5.92 Å². The van der Waals surface area contributed by atoms with Crippen molar-refractivity contribution >= 4 is 6.03 Å². The van der Waals surface area contributed by atoms with Crippen LogP contribution in [0.3, 0.4) is 0 Å². The van der Waals surface area contributed by atoms with Crippen LogP contribution in [0.1, 0.15) is 38.3 Å². The van der Waals surface area contributed by atoms with Gasteiger partial charge in [-0.25, -0.2) is 4.79 Å². The molecule has 0 spiro atoms. The molecule has 0 aromatic heterocycles. The molecule has 0 saturated carbocycles. The van der Waals surface area contributed by atoms with Gasteiger partial charge in [-0.2, -0.15) is 8.78 Å². The van der Waals surface area contributed by atoms with Gasteiger partial charge in [-0.1, -0.05) is 19.1 Å². The monoisotopic (exact) mass is 312 g/mol. The summed E-state index contributed by atoms with van der Waals surface area (Å²) in [4.78, 5) is 14.0. The van der Waals surface area contributed by atoms with Crippen LogP contribution in [0, 0.1) is 5.92 Å². The maximum atomic E-state index is 12.2. The van der Waals surface area contributed by atoms with Crippen LogP contribution in [0.5, 0.6) is 5.75 Å². The number of nitrogens with zero attached hydrogens (tertiary/aromatic N) is 1. The molecule has 1 aliphatic heterocycles. The van der Waals surface area contributed by atoms with E-state index in [1.807, 2.05) is 11.8 Å². The van der Waals surface area contributed by atoms with Crippen molar-refractivity contribution < 1.29 is 18.3 Å². The topological polar surface area (TPSA) is 41.6 Å². The number of carbonyl (C=O) groups is 1. The molecule has 1 aliphatic rings. The number of rotatable bonds is 4. The van der Waals surface area contributed by atoms with E-state index >= 15 is 0 Å². The van der Waals surface area contributed by atoms with E-state index in [2.05, 4.69) is 17.0 Å². The van der Waals surface area contributed by atoms with Crippen molar-refractivity contribution in [2.24, 2.45) is 5.92 Å². The minimum Gasteiger partial charge on any atom is -0.435 e. The molecule has 1 aromatic rings. The number of amides is 2. The third-order valence-corrected chi connectivity index (χ3v) is 4.02. The van der Waals surface area contributed by atoms with Gasteiger partial charge in [-0.3, -0.25) is 0 Å². The maximum absolute atomic E-state index is 12.2. The van der Waals surface area contributed by atoms with Gasteiger partial charge < -0.3 is 15.0 Å². The lowest BCUT2D eigenvalue weighted by Crippen LogP contribution is -2.44. The zero-order valence-electron chi connectivity index (χ0n) is 12.9. The third-order valence-electron chi connectivity index (χ3n) is 4.02. The predicted octanol–water partition coefficient (Wildman–Crippen LogP) is 3.79. The summed E-state index contributed by atoms with van der Waals surface area (Å²) in [6.45, 7) is 2.79. The molecule has 1 saturated heterocycles. The molecule has 1 fully saturated rings. The number of alkyl halides is 2. The van der Waals surface area contributed by atoms with Crippen LogP contribution in [-0.2, 0) is 0 Å². The van der Waals surface area contributed by atoms with Gasteiger partial charge in [0.15, 0.2) is 0 Å². The summed E-state index contributed by atoms with van der Waals surface area (Å²) in [6, 6.07) is 6.06. The number of piperidine rings is 1. The number of hydrogen-bond donors (Lipinski definition) is 1. The van der Waals surface area contributed by atoms with Crippen molar-refractivity contribution in [2.45, 2.75) is 39.3 Å². The molecule has 22 heavy (non-hydrogen) atoms. The first-order chi connectivity index (χ1) is 10.5. The van der Waals surface area contributed by atoms with Gasteiger partial charge in [0, 0.05) is 13.1 Å². The molecule has 0 radical (unpaired) electrons. The van der Waals surface area contributed by atoms with E-state index in [9.17, 15) is 13.6 Å². The zero-order valence-corrected chi connectivity index (χ0v) is 12.9. The van der Waals surface area contributed by atoms with E-state index in [1.54, 1.807) is 12.1 Å². The first-order valence-electron chi connectivity index (χ1n) is 7.56. The first kappa shape index (κ1) is 16.5. The van der Waals surface area contributed by atoms with Gasteiger partial charge in [0.2, 0.25) is 0 Å². The van der Waals surface area contributed by atoms with Gasteiger partial charge in [-0.05, 0) is 43.4 Å². The Kier molecular flexibility index (Phi) is 5.57. The van der Waals surface area contributed by atoms with Crippen LogP contribution in [0.15, 0.2) is 24.3 Å². The molecule has 1 heterocycles. The van der Waals surface area contributed by atoms with Crippen LogP contribution in [0.2, 0.25) is 0 Å². The Balaban J connectivity index is 1.88. The normalized spacial score (nSPS) is 17.4. The van der Waals surface area contributed by atoms with Crippen molar-refractivity contribution in [1.82, 2.24) is 10.2 Å². The van der Waals surface area contributed by atoms with E-state index < -0.39 is 6.61 Å². The number of nitrogens with one attached hydrogen (secondary N) is 1. The van der Waals surface area contributed by atoms with Gasteiger partial charge >= 0.3 is 12.6 Å². The molecule has 0 bridgehead atoms. The highest BCUT2D eigenvalue weighted by molar-refractivity contribution is 5.74. The SMILES string of the molecule is CC1CCN(C(=O)NC(C)c2ccc(OC(F)F)cc2)CC1. The Morgan fingerprint density at radius 3 is 2.41 bits per heavy atom. The fourth-order valence-corrected chi connectivity index (χ4v) is 2.51. The molecule has 1 N–H and O–H groups in total. The summed E-state index contributed by atoms with van der Waals surface area (Å²) in [6.07, 6.45) is 2.06. The van der Waals surface area contributed by atoms with Crippen molar-refractivity contribution in [3.63, 3.8) is 0 Å². The number of benzene rings is 1. The average molecular weight is 312 g/mol. The lowest BCUT2D eigenvalue weighted by molar-refractivity contribution is -0.0498. The highest BCUT2D eigenvalue weighted by atomic mass is 19.3. The molecule has 1 atom stereocenters. The Morgan fingerprint density at radius 1 is 1.27 bits per heavy atom. The van der Waals surface area contributed by atoms with Gasteiger partial charge in [0.1, 0.15) is 5.75 Å². The summed E-state index contributed by atoms with van der Waals surface area (Å²) in [7, 11) is 0. The van der Waals surface area contributed by atoms with E-state index in [1.165, 1.54) is 12.1 Å². The molecule has 6 heteroatoms. The minimum atomic E-state index is -2.83. The number of hydrogen-bond acceptors (Lipinski definition) is 2. The quantitative estimate of drug-likeness (QED) is 0.919. The average Bonchev–Trinajstić information content (AvgIpc) is 2.48. The van der Waals surface area contributed by atoms with Gasteiger partial charge in [0.25, 0.3) is 0 Å². The number of urea groups is 1. The number of likely N-dealkylation sites (tertiary alicyclic amines) is 1. The zero-order chi connectivity index (χ0) is 16.1. The largest absolute Gasteiger partial charge is 0.435 e. The molecule has 122 valence electrons. The summed E-state index contributed by atoms with van der Waals surface area (Å²) in [5.74, 6) is 0.783. The van der Waals surface area contributed by atoms with E-state index in [-0.39, 0.29) is 17.8 Å². The number of halogens is 2. The van der Waals surface area contributed by atoms with Crippen LogP contribution < -0.4 is 10.1 Å². The van der Waals surface area contributed by atoms with Crippen molar-refractivity contribution in [1.29, 1.82) is 0 Å². The Bertz CT molecular complexity index is 485. The van der Waals surface area contributed by atoms with Crippen LogP contribution in [0.4, 0.5) is 13.6 Å². The lowest BCUT2D eigenvalue weighted by atomic mass is 9.99. The van der Waals surface area contributed by atoms with Crippen LogP contribution in [-0.4, -0.2) is 30.6 Å². The summed E-state index contributed by atoms with van der Waals surface area (Å²) in [5.41, 5.74) is 0.848. The predicted molar refractivity (Wildman–Crippen MR) is 80.0 cm³/mol. The molecular weight excluding hydrogens is 290 g/mol. The van der Waals surface area contributed by atoms with Gasteiger partial charge in [0.05, 0.1) is 6.04 Å². The third kappa shape index (κ3) is 4.58. The maximum Gasteiger partial charge on any atom is 0.387 e. The second kappa shape index (κ2) is 7.42. The van der Waals surface area contributed by atoms with Crippen molar-refractivity contribution in [3.8, 4) is 5.75 Å². The molecule has 1 aromatic carbocycles. The summed E-state index contributed by atoms with van der Waals surface area (Å²) in [5, 5.41) is 2.94. The van der Waals surface area contributed by atoms with Crippen molar-refractivity contribution in [2.75, 3.05) is 13.1 Å². The highest BCUT2D eigenvalue weighted by Gasteiger charge is 2.21. The molecule has 2 amide bonds. The van der Waals surface area contributed by atoms with Crippen molar-refractivity contribution in [3.05, 3.63) is 29.8 Å². The fraction of sp³-hybridized carbons (Fsp3) is 0.562. The van der Waals surface area contributed by atoms with Gasteiger partial charge in [-0.15, -0.1) is 0 Å². The van der Waals surface area contributed by atoms with Crippen LogP contribution in [0.25, 0.3) is 0 Å². The van der Waals surface area contributed by atoms with E-state index in [0.717, 1.165) is 31.5 Å². The van der Waals surface area contributed by atoms with Crippen LogP contribution >= 0.6 is 0 Å². The fourth-order valence-electron chi connectivity index (χ4n) is 2.51. The highest BCUT2D eigenvalue weighted by Crippen LogP contribution is 2.20. The Hall–Kier alpha value is -1.85. The Labute approximate surface area is 129 Å². The summed E-state index contributed by atoms with van der Waals surface area (Å²) >= 11 is 0. The molecule has 4 nitrogen and oxygen atoms in total. The second-order valence-electron chi connectivity index (χ2n) is 5.79. The second-order valence-corrected chi connectivity index (χ2v) is 5.79. The standard InChI is InChI=1S/C16H22F2N2O2/c1-11-7-9-20(10-8-11)16(21)19-12(2)13-3-5-14(6-4-13)22-15(17)18/h3-6,11-12,15H,7-10H2,1-2H3,(H,19,21). The Morgan fingerprint density at radius 2 is 1.86 bits per heavy atom. The molecular formula is C16H22F2N2O2. The first-order valence-corrected chi connectivity index (χ1v) is 7.56. The summed E-state index contributed by atoms with van der Waals surface area (Å²) < 4.78 is 28.5. The molecule has 0 aliphatic carbocycles. The number of carbonyl (C=O) groups excluding carboxylic acids is 1. The minimum absolute atomic E-state index is 0.0766. The van der Waals surface area contributed by atoms with E-state index in [4.69, 9.17) is 0 Å². The smallest absolute Gasteiger partial charge is 0.387 e. The molecule has 2 rings (SSSR count).